The summed E-state index contributed by atoms with van der Waals surface area (Å²) < 4.78 is 45.0. The van der Waals surface area contributed by atoms with Crippen LogP contribution in [-0.2, 0) is 10.9 Å². The summed E-state index contributed by atoms with van der Waals surface area (Å²) in [5, 5.41) is 0. The second-order valence-electron chi connectivity index (χ2n) is 5.52. The Balaban J connectivity index is 2.68. The number of nitrogens with zero attached hydrogens (tertiary/aromatic N) is 1. The van der Waals surface area contributed by atoms with Gasteiger partial charge < -0.3 is 4.74 Å². The number of halogens is 3. The Kier molecular flexibility index (Phi) is 3.82. The molecule has 1 aliphatic rings. The van der Waals surface area contributed by atoms with Crippen LogP contribution in [0.2, 0.25) is 0 Å². The lowest BCUT2D eigenvalue weighted by atomic mass is 9.96. The predicted molar refractivity (Wildman–Crippen MR) is 72.6 cm³/mol. The maximum atomic E-state index is 13.2. The number of ketones is 1. The molecule has 1 aliphatic heterocycles. The van der Waals surface area contributed by atoms with Crippen molar-refractivity contribution in [1.29, 1.82) is 0 Å². The Hall–Kier alpha value is -1.85. The molecule has 0 unspecified atom stereocenters. The van der Waals surface area contributed by atoms with Crippen LogP contribution >= 0.6 is 0 Å². The van der Waals surface area contributed by atoms with Gasteiger partial charge in [-0.15, -0.1) is 0 Å². The number of rotatable bonds is 3. The predicted octanol–water partition coefficient (Wildman–Crippen LogP) is 3.85. The first-order valence-electron chi connectivity index (χ1n) is 6.62. The maximum Gasteiger partial charge on any atom is 0.417 e. The first-order valence-corrected chi connectivity index (χ1v) is 6.62. The molecule has 1 aromatic carbocycles. The smallest absolute Gasteiger partial charge is 0.417 e. The first kappa shape index (κ1) is 15.5. The van der Waals surface area contributed by atoms with Crippen LogP contribution < -0.4 is 0 Å². The zero-order chi connectivity index (χ0) is 15.8. The van der Waals surface area contributed by atoms with Crippen LogP contribution in [0.15, 0.2) is 23.2 Å². The van der Waals surface area contributed by atoms with Gasteiger partial charge in [0.25, 0.3) is 0 Å². The molecule has 0 amide bonds. The van der Waals surface area contributed by atoms with E-state index >= 15 is 0 Å². The van der Waals surface area contributed by atoms with Crippen molar-refractivity contribution in [2.45, 2.75) is 38.9 Å². The fourth-order valence-corrected chi connectivity index (χ4v) is 2.15. The Bertz CT molecular complexity index is 603. The summed E-state index contributed by atoms with van der Waals surface area (Å²) in [7, 11) is 0. The van der Waals surface area contributed by atoms with E-state index in [-0.39, 0.29) is 35.8 Å². The van der Waals surface area contributed by atoms with Crippen molar-refractivity contribution in [3.05, 3.63) is 34.9 Å². The summed E-state index contributed by atoms with van der Waals surface area (Å²) in [6.45, 7) is 5.32. The molecule has 0 spiro atoms. The molecule has 2 rings (SSSR count). The van der Waals surface area contributed by atoms with Gasteiger partial charge in [-0.05, 0) is 19.9 Å². The number of hydrogen-bond donors (Lipinski definition) is 0. The van der Waals surface area contributed by atoms with Gasteiger partial charge in [0, 0.05) is 12.0 Å². The molecule has 0 saturated carbocycles. The Morgan fingerprint density at radius 3 is 2.52 bits per heavy atom. The minimum Gasteiger partial charge on any atom is -0.475 e. The van der Waals surface area contributed by atoms with Crippen molar-refractivity contribution in [2.24, 2.45) is 4.99 Å². The molecular weight excluding hydrogens is 283 g/mol. The minimum atomic E-state index is -4.57. The molecule has 0 saturated heterocycles. The zero-order valence-electron chi connectivity index (χ0n) is 12.0. The van der Waals surface area contributed by atoms with E-state index in [0.29, 0.717) is 0 Å². The minimum absolute atomic E-state index is 0.00350. The lowest BCUT2D eigenvalue weighted by molar-refractivity contribution is -0.137. The van der Waals surface area contributed by atoms with Crippen LogP contribution in [0.3, 0.4) is 0 Å². The van der Waals surface area contributed by atoms with Crippen molar-refractivity contribution in [1.82, 2.24) is 0 Å². The van der Waals surface area contributed by atoms with Gasteiger partial charge in [0.2, 0.25) is 5.90 Å². The van der Waals surface area contributed by atoms with Crippen LogP contribution in [0.4, 0.5) is 13.2 Å². The van der Waals surface area contributed by atoms with Gasteiger partial charge in [0.1, 0.15) is 6.61 Å². The lowest BCUT2D eigenvalue weighted by Crippen LogP contribution is -2.18. The first-order chi connectivity index (χ1) is 9.65. The third kappa shape index (κ3) is 3.09. The molecule has 3 nitrogen and oxygen atoms in total. The van der Waals surface area contributed by atoms with Gasteiger partial charge in [0.05, 0.1) is 16.7 Å². The van der Waals surface area contributed by atoms with Crippen molar-refractivity contribution in [3.63, 3.8) is 0 Å². The van der Waals surface area contributed by atoms with Gasteiger partial charge in [-0.25, -0.2) is 4.99 Å². The van der Waals surface area contributed by atoms with Gasteiger partial charge in [0.15, 0.2) is 5.78 Å². The summed E-state index contributed by atoms with van der Waals surface area (Å²) in [4.78, 5) is 16.1. The Labute approximate surface area is 120 Å². The van der Waals surface area contributed by atoms with Gasteiger partial charge in [-0.2, -0.15) is 13.2 Å². The van der Waals surface area contributed by atoms with Crippen molar-refractivity contribution < 1.29 is 22.7 Å². The lowest BCUT2D eigenvalue weighted by Gasteiger charge is -2.15. The van der Waals surface area contributed by atoms with E-state index in [1.807, 2.05) is 0 Å². The molecule has 114 valence electrons. The molecule has 1 aromatic rings. The average molecular weight is 299 g/mol. The molecule has 0 N–H and O–H groups in total. The van der Waals surface area contributed by atoms with E-state index in [4.69, 9.17) is 4.74 Å². The Morgan fingerprint density at radius 1 is 1.38 bits per heavy atom. The number of carbonyl (C=O) groups is 1. The molecular formula is C15H16F3NO2. The molecule has 21 heavy (non-hydrogen) atoms. The fraction of sp³-hybridized carbons (Fsp3) is 0.467. The second kappa shape index (κ2) is 5.16. The molecule has 6 heteroatoms. The zero-order valence-corrected chi connectivity index (χ0v) is 12.0. The summed E-state index contributed by atoms with van der Waals surface area (Å²) in [6.07, 6.45) is -4.46. The van der Waals surface area contributed by atoms with E-state index in [1.165, 1.54) is 12.1 Å². The molecule has 0 aromatic heterocycles. The summed E-state index contributed by atoms with van der Waals surface area (Å²) in [5.74, 6) is -0.475. The van der Waals surface area contributed by atoms with Crippen LogP contribution in [0.5, 0.6) is 0 Å². The highest BCUT2D eigenvalue weighted by Gasteiger charge is 2.39. The normalized spacial score (nSPS) is 17.3. The van der Waals surface area contributed by atoms with Crippen molar-refractivity contribution >= 4 is 11.7 Å². The fourth-order valence-electron chi connectivity index (χ4n) is 2.15. The summed E-state index contributed by atoms with van der Waals surface area (Å²) in [6, 6.07) is 3.56. The highest BCUT2D eigenvalue weighted by atomic mass is 19.4. The van der Waals surface area contributed by atoms with E-state index < -0.39 is 17.3 Å². The van der Waals surface area contributed by atoms with Gasteiger partial charge >= 0.3 is 6.18 Å². The maximum absolute atomic E-state index is 13.2. The van der Waals surface area contributed by atoms with E-state index in [1.54, 1.807) is 20.8 Å². The number of Topliss-reactive ketones (excluding diaryl/α,β-unsaturated/α-hetero) is 1. The van der Waals surface area contributed by atoms with E-state index in [0.717, 1.165) is 6.07 Å². The van der Waals surface area contributed by atoms with E-state index in [2.05, 4.69) is 4.99 Å². The highest BCUT2D eigenvalue weighted by molar-refractivity contribution is 6.09. The highest BCUT2D eigenvalue weighted by Crippen LogP contribution is 2.36. The van der Waals surface area contributed by atoms with Crippen molar-refractivity contribution in [3.8, 4) is 0 Å². The molecule has 0 bridgehead atoms. The standard InChI is InChI=1S/C15H16F3NO2/c1-4-11(20)9-6-5-7-10(15(16,17)18)12(9)13-19-14(2,3)8-21-13/h5-7H,4,8H2,1-3H3. The number of ether oxygens (including phenoxy) is 1. The number of aliphatic imine (C=N–C) groups is 1. The molecule has 1 heterocycles. The van der Waals surface area contributed by atoms with Crippen LogP contribution in [0, 0.1) is 0 Å². The molecule has 0 radical (unpaired) electrons. The SMILES string of the molecule is CCC(=O)c1cccc(C(F)(F)F)c1C1=NC(C)(C)CO1. The van der Waals surface area contributed by atoms with Crippen molar-refractivity contribution in [2.75, 3.05) is 6.61 Å². The molecule has 0 aliphatic carbocycles. The Morgan fingerprint density at radius 2 is 2.05 bits per heavy atom. The average Bonchev–Trinajstić information content (AvgIpc) is 2.76. The third-order valence-electron chi connectivity index (χ3n) is 3.17. The molecule has 0 fully saturated rings. The van der Waals surface area contributed by atoms with Crippen LogP contribution in [-0.4, -0.2) is 23.8 Å². The summed E-state index contributed by atoms with van der Waals surface area (Å²) >= 11 is 0. The number of alkyl halides is 3. The largest absolute Gasteiger partial charge is 0.475 e. The van der Waals surface area contributed by atoms with Gasteiger partial charge in [-0.3, -0.25) is 4.79 Å². The number of carbonyl (C=O) groups excluding carboxylic acids is 1. The topological polar surface area (TPSA) is 38.7 Å². The van der Waals surface area contributed by atoms with Crippen LogP contribution in [0.1, 0.15) is 48.7 Å². The van der Waals surface area contributed by atoms with E-state index in [9.17, 15) is 18.0 Å². The quantitative estimate of drug-likeness (QED) is 0.795. The number of benzene rings is 1. The summed E-state index contributed by atoms with van der Waals surface area (Å²) in [5.41, 5.74) is -1.73. The monoisotopic (exact) mass is 299 g/mol. The second-order valence-corrected chi connectivity index (χ2v) is 5.52. The third-order valence-corrected chi connectivity index (χ3v) is 3.17. The number of hydrogen-bond acceptors (Lipinski definition) is 3. The van der Waals surface area contributed by atoms with Gasteiger partial charge in [-0.1, -0.05) is 19.1 Å². The molecule has 0 atom stereocenters. The van der Waals surface area contributed by atoms with Crippen LogP contribution in [0.25, 0.3) is 0 Å².